The number of benzene rings is 2. The second-order valence-corrected chi connectivity index (χ2v) is 6.64. The van der Waals surface area contributed by atoms with Crippen molar-refractivity contribution in [2.24, 2.45) is 5.73 Å². The summed E-state index contributed by atoms with van der Waals surface area (Å²) in [4.78, 5) is 35.9. The number of anilines is 1. The smallest absolute Gasteiger partial charge is 0.262 e. The highest BCUT2D eigenvalue weighted by Gasteiger charge is 2.28. The first kappa shape index (κ1) is 20.0. The molecule has 27 heavy (non-hydrogen) atoms. The van der Waals surface area contributed by atoms with E-state index in [2.05, 4.69) is 10.6 Å². The van der Waals surface area contributed by atoms with E-state index in [-0.39, 0.29) is 23.8 Å². The second kappa shape index (κ2) is 8.35. The SMILES string of the molecule is Cc1ccc(NC(=O)COc2ccccc2C(=O)NC(C)(C)C(N)=O)cc1. The average Bonchev–Trinajstić information content (AvgIpc) is 2.61. The van der Waals surface area contributed by atoms with Crippen LogP contribution in [0.2, 0.25) is 0 Å². The maximum absolute atomic E-state index is 12.5. The molecular formula is C20H23N3O4. The molecule has 0 bridgehead atoms. The maximum Gasteiger partial charge on any atom is 0.262 e. The molecule has 0 radical (unpaired) electrons. The molecule has 2 aromatic rings. The van der Waals surface area contributed by atoms with Crippen LogP contribution in [0.4, 0.5) is 5.69 Å². The summed E-state index contributed by atoms with van der Waals surface area (Å²) in [6.07, 6.45) is 0. The molecule has 0 heterocycles. The topological polar surface area (TPSA) is 111 Å². The molecule has 142 valence electrons. The zero-order valence-corrected chi connectivity index (χ0v) is 15.5. The molecule has 0 aliphatic heterocycles. The molecule has 0 fully saturated rings. The van der Waals surface area contributed by atoms with Crippen molar-refractivity contribution < 1.29 is 19.1 Å². The number of hydrogen-bond acceptors (Lipinski definition) is 4. The molecule has 7 heteroatoms. The number of aryl methyl sites for hydroxylation is 1. The molecule has 0 aliphatic rings. The summed E-state index contributed by atoms with van der Waals surface area (Å²) in [5.74, 6) is -1.30. The molecule has 0 unspecified atom stereocenters. The fraction of sp³-hybridized carbons (Fsp3) is 0.250. The van der Waals surface area contributed by atoms with Gasteiger partial charge in [-0.3, -0.25) is 14.4 Å². The summed E-state index contributed by atoms with van der Waals surface area (Å²) in [7, 11) is 0. The van der Waals surface area contributed by atoms with Gasteiger partial charge in [0.25, 0.3) is 11.8 Å². The predicted octanol–water partition coefficient (Wildman–Crippen LogP) is 2.01. The molecule has 0 aliphatic carbocycles. The van der Waals surface area contributed by atoms with E-state index >= 15 is 0 Å². The highest BCUT2D eigenvalue weighted by atomic mass is 16.5. The summed E-state index contributed by atoms with van der Waals surface area (Å²) in [6.45, 7) is 4.70. The van der Waals surface area contributed by atoms with Crippen molar-refractivity contribution >= 4 is 23.4 Å². The zero-order valence-electron chi connectivity index (χ0n) is 15.5. The zero-order chi connectivity index (χ0) is 20.0. The standard InChI is InChI=1S/C20H23N3O4/c1-13-8-10-14(11-9-13)22-17(24)12-27-16-7-5-4-6-15(16)18(25)23-20(2,3)19(21)26/h4-11H,12H2,1-3H3,(H2,21,26)(H,22,24)(H,23,25). The number of rotatable bonds is 7. The third-order valence-electron chi connectivity index (χ3n) is 3.87. The Morgan fingerprint density at radius 3 is 2.30 bits per heavy atom. The number of nitrogens with one attached hydrogen (secondary N) is 2. The van der Waals surface area contributed by atoms with E-state index in [9.17, 15) is 14.4 Å². The summed E-state index contributed by atoms with van der Waals surface area (Å²) < 4.78 is 5.50. The number of para-hydroxylation sites is 1. The minimum Gasteiger partial charge on any atom is -0.483 e. The molecule has 0 saturated carbocycles. The monoisotopic (exact) mass is 369 g/mol. The van der Waals surface area contributed by atoms with E-state index in [1.807, 2.05) is 19.1 Å². The number of amides is 3. The van der Waals surface area contributed by atoms with E-state index < -0.39 is 17.4 Å². The first-order valence-corrected chi connectivity index (χ1v) is 8.40. The van der Waals surface area contributed by atoms with Gasteiger partial charge in [-0.1, -0.05) is 29.8 Å². The van der Waals surface area contributed by atoms with Crippen LogP contribution in [0.1, 0.15) is 29.8 Å². The molecular weight excluding hydrogens is 346 g/mol. The Labute approximate surface area is 157 Å². The van der Waals surface area contributed by atoms with Crippen LogP contribution in [0.15, 0.2) is 48.5 Å². The van der Waals surface area contributed by atoms with Gasteiger partial charge in [-0.2, -0.15) is 0 Å². The fourth-order valence-electron chi connectivity index (χ4n) is 2.17. The quantitative estimate of drug-likeness (QED) is 0.693. The largest absolute Gasteiger partial charge is 0.483 e. The fourth-order valence-corrected chi connectivity index (χ4v) is 2.17. The number of ether oxygens (including phenoxy) is 1. The lowest BCUT2D eigenvalue weighted by atomic mass is 10.0. The Morgan fingerprint density at radius 2 is 1.67 bits per heavy atom. The number of nitrogens with two attached hydrogens (primary N) is 1. The molecule has 0 atom stereocenters. The van der Waals surface area contributed by atoms with Crippen LogP contribution < -0.4 is 21.1 Å². The van der Waals surface area contributed by atoms with Gasteiger partial charge in [-0.25, -0.2) is 0 Å². The molecule has 2 rings (SSSR count). The Balaban J connectivity index is 2.02. The lowest BCUT2D eigenvalue weighted by Gasteiger charge is -2.22. The molecule has 2 aromatic carbocycles. The van der Waals surface area contributed by atoms with Crippen LogP contribution in [0.3, 0.4) is 0 Å². The summed E-state index contributed by atoms with van der Waals surface area (Å²) >= 11 is 0. The van der Waals surface area contributed by atoms with Crippen LogP contribution in [0.25, 0.3) is 0 Å². The third kappa shape index (κ3) is 5.57. The minimum absolute atomic E-state index is 0.204. The molecule has 0 spiro atoms. The van der Waals surface area contributed by atoms with Crippen molar-refractivity contribution in [3.05, 3.63) is 59.7 Å². The van der Waals surface area contributed by atoms with Gasteiger partial charge < -0.3 is 21.1 Å². The lowest BCUT2D eigenvalue weighted by Crippen LogP contribution is -2.53. The number of carbonyl (C=O) groups excluding carboxylic acids is 3. The van der Waals surface area contributed by atoms with Gasteiger partial charge >= 0.3 is 0 Å². The van der Waals surface area contributed by atoms with Gasteiger partial charge in [0, 0.05) is 5.69 Å². The van der Waals surface area contributed by atoms with Crippen molar-refractivity contribution in [1.29, 1.82) is 0 Å². The Bertz CT molecular complexity index is 845. The Morgan fingerprint density at radius 1 is 1.04 bits per heavy atom. The molecule has 0 saturated heterocycles. The van der Waals surface area contributed by atoms with Crippen LogP contribution >= 0.6 is 0 Å². The van der Waals surface area contributed by atoms with E-state index in [0.717, 1.165) is 5.56 Å². The highest BCUT2D eigenvalue weighted by molar-refractivity contribution is 6.00. The third-order valence-corrected chi connectivity index (χ3v) is 3.87. The van der Waals surface area contributed by atoms with E-state index in [1.165, 1.54) is 13.8 Å². The van der Waals surface area contributed by atoms with Crippen LogP contribution in [0.5, 0.6) is 5.75 Å². The molecule has 3 amide bonds. The van der Waals surface area contributed by atoms with Gasteiger partial charge in [0.2, 0.25) is 5.91 Å². The molecule has 4 N–H and O–H groups in total. The van der Waals surface area contributed by atoms with E-state index in [1.54, 1.807) is 36.4 Å². The van der Waals surface area contributed by atoms with Crippen LogP contribution in [-0.4, -0.2) is 29.9 Å². The number of carbonyl (C=O) groups is 3. The minimum atomic E-state index is -1.22. The maximum atomic E-state index is 12.5. The van der Waals surface area contributed by atoms with Crippen molar-refractivity contribution in [1.82, 2.24) is 5.32 Å². The first-order chi connectivity index (χ1) is 12.7. The normalized spacial score (nSPS) is 10.8. The van der Waals surface area contributed by atoms with E-state index in [0.29, 0.717) is 5.69 Å². The Kier molecular flexibility index (Phi) is 6.18. The number of primary amides is 1. The van der Waals surface area contributed by atoms with Crippen molar-refractivity contribution in [3.8, 4) is 5.75 Å². The molecule has 0 aromatic heterocycles. The second-order valence-electron chi connectivity index (χ2n) is 6.64. The van der Waals surface area contributed by atoms with Gasteiger partial charge in [-0.15, -0.1) is 0 Å². The Hall–Kier alpha value is -3.35. The van der Waals surface area contributed by atoms with Gasteiger partial charge in [-0.05, 0) is 45.0 Å². The van der Waals surface area contributed by atoms with Crippen molar-refractivity contribution in [2.75, 3.05) is 11.9 Å². The van der Waals surface area contributed by atoms with Gasteiger partial charge in [0.1, 0.15) is 11.3 Å². The van der Waals surface area contributed by atoms with Crippen molar-refractivity contribution in [3.63, 3.8) is 0 Å². The highest BCUT2D eigenvalue weighted by Crippen LogP contribution is 2.19. The van der Waals surface area contributed by atoms with E-state index in [4.69, 9.17) is 10.5 Å². The average molecular weight is 369 g/mol. The number of hydrogen-bond donors (Lipinski definition) is 3. The summed E-state index contributed by atoms with van der Waals surface area (Å²) in [6, 6.07) is 13.8. The summed E-state index contributed by atoms with van der Waals surface area (Å²) in [5, 5.41) is 5.27. The van der Waals surface area contributed by atoms with Gasteiger partial charge in [0.05, 0.1) is 5.56 Å². The summed E-state index contributed by atoms with van der Waals surface area (Å²) in [5.41, 5.74) is 6.01. The van der Waals surface area contributed by atoms with Crippen molar-refractivity contribution in [2.45, 2.75) is 26.3 Å². The van der Waals surface area contributed by atoms with Gasteiger partial charge in [0.15, 0.2) is 6.61 Å². The molecule has 7 nitrogen and oxygen atoms in total. The predicted molar refractivity (Wildman–Crippen MR) is 102 cm³/mol. The van der Waals surface area contributed by atoms with Crippen LogP contribution in [-0.2, 0) is 9.59 Å². The lowest BCUT2D eigenvalue weighted by molar-refractivity contribution is -0.122. The first-order valence-electron chi connectivity index (χ1n) is 8.40. The van der Waals surface area contributed by atoms with Crippen LogP contribution in [0, 0.1) is 6.92 Å².